The summed E-state index contributed by atoms with van der Waals surface area (Å²) < 4.78 is 5.62. The maximum absolute atomic E-state index is 12.9. The van der Waals surface area contributed by atoms with Crippen molar-refractivity contribution >= 4 is 5.91 Å². The molecule has 2 rings (SSSR count). The van der Waals surface area contributed by atoms with Gasteiger partial charge in [-0.2, -0.15) is 0 Å². The molecule has 146 valence electrons. The average molecular weight is 371 g/mol. The van der Waals surface area contributed by atoms with Crippen molar-refractivity contribution < 1.29 is 9.53 Å². The van der Waals surface area contributed by atoms with Crippen molar-refractivity contribution in [3.05, 3.63) is 51.9 Å². The van der Waals surface area contributed by atoms with E-state index in [4.69, 9.17) is 4.74 Å². The first-order chi connectivity index (χ1) is 12.6. The third kappa shape index (κ3) is 4.98. The monoisotopic (exact) mass is 371 g/mol. The van der Waals surface area contributed by atoms with Gasteiger partial charge in [0.25, 0.3) is 11.5 Å². The number of nitrogens with one attached hydrogen (secondary N) is 2. The third-order valence-corrected chi connectivity index (χ3v) is 4.32. The normalized spacial score (nSPS) is 11.5. The number of aromatic amines is 1. The third-order valence-electron chi connectivity index (χ3n) is 4.32. The second-order valence-electron chi connectivity index (χ2n) is 7.83. The molecule has 2 aromatic rings. The van der Waals surface area contributed by atoms with E-state index in [2.05, 4.69) is 31.1 Å². The summed E-state index contributed by atoms with van der Waals surface area (Å²) in [7, 11) is 5.47. The van der Waals surface area contributed by atoms with Gasteiger partial charge in [-0.05, 0) is 49.3 Å². The number of pyridine rings is 1. The van der Waals surface area contributed by atoms with Crippen molar-refractivity contribution in [3.63, 3.8) is 0 Å². The number of nitrogens with zero attached hydrogens (tertiary/aromatic N) is 1. The molecule has 27 heavy (non-hydrogen) atoms. The van der Waals surface area contributed by atoms with Gasteiger partial charge >= 0.3 is 0 Å². The zero-order chi connectivity index (χ0) is 20.2. The van der Waals surface area contributed by atoms with Gasteiger partial charge in [0.2, 0.25) is 0 Å². The summed E-state index contributed by atoms with van der Waals surface area (Å²) in [6.45, 7) is 7.42. The number of hydrogen-bond acceptors (Lipinski definition) is 4. The minimum atomic E-state index is -0.262. The van der Waals surface area contributed by atoms with E-state index in [1.807, 2.05) is 25.1 Å². The number of likely N-dealkylation sites (N-methyl/N-ethyl adjacent to an activating group) is 1. The fourth-order valence-electron chi connectivity index (χ4n) is 2.87. The summed E-state index contributed by atoms with van der Waals surface area (Å²) in [5, 5.41) is 2.93. The van der Waals surface area contributed by atoms with Gasteiger partial charge in [-0.1, -0.05) is 20.8 Å². The van der Waals surface area contributed by atoms with Crippen LogP contribution in [0, 0.1) is 0 Å². The lowest BCUT2D eigenvalue weighted by Gasteiger charge is -2.25. The van der Waals surface area contributed by atoms with Crippen LogP contribution < -0.4 is 15.6 Å². The highest BCUT2D eigenvalue weighted by molar-refractivity contribution is 5.99. The fraction of sp³-hybridized carbons (Fsp3) is 0.429. The van der Waals surface area contributed by atoms with E-state index in [0.717, 1.165) is 12.1 Å². The number of carbonyl (C=O) groups excluding carboxylic acids is 1. The van der Waals surface area contributed by atoms with E-state index in [1.165, 1.54) is 0 Å². The van der Waals surface area contributed by atoms with Gasteiger partial charge in [-0.15, -0.1) is 0 Å². The fourth-order valence-corrected chi connectivity index (χ4v) is 2.87. The largest absolute Gasteiger partial charge is 0.496 e. The Labute approximate surface area is 160 Å². The molecule has 1 aromatic carbocycles. The highest BCUT2D eigenvalue weighted by atomic mass is 16.5. The molecule has 6 heteroatoms. The molecule has 0 aliphatic heterocycles. The number of H-pyrrole nitrogens is 1. The summed E-state index contributed by atoms with van der Waals surface area (Å²) in [6, 6.07) is 7.18. The molecule has 0 radical (unpaired) electrons. The van der Waals surface area contributed by atoms with Gasteiger partial charge < -0.3 is 19.9 Å². The molecule has 6 nitrogen and oxygen atoms in total. The Kier molecular flexibility index (Phi) is 6.44. The number of carbonyl (C=O) groups is 1. The van der Waals surface area contributed by atoms with Crippen molar-refractivity contribution in [2.75, 3.05) is 34.3 Å². The number of methoxy groups -OCH3 is 1. The van der Waals surface area contributed by atoms with E-state index in [-0.39, 0.29) is 16.9 Å². The second-order valence-corrected chi connectivity index (χ2v) is 7.83. The molecule has 1 amide bonds. The second kappa shape index (κ2) is 8.39. The van der Waals surface area contributed by atoms with Crippen LogP contribution in [0.5, 0.6) is 5.75 Å². The van der Waals surface area contributed by atoms with Crippen LogP contribution in [-0.4, -0.2) is 50.1 Å². The van der Waals surface area contributed by atoms with Crippen LogP contribution in [0.1, 0.15) is 36.7 Å². The van der Waals surface area contributed by atoms with Crippen molar-refractivity contribution in [2.24, 2.45) is 0 Å². The number of benzene rings is 1. The van der Waals surface area contributed by atoms with E-state index < -0.39 is 0 Å². The summed E-state index contributed by atoms with van der Waals surface area (Å²) in [4.78, 5) is 29.8. The highest BCUT2D eigenvalue weighted by Gasteiger charge is 2.26. The molecular weight excluding hydrogens is 342 g/mol. The maximum Gasteiger partial charge on any atom is 0.255 e. The first-order valence-electron chi connectivity index (χ1n) is 8.98. The summed E-state index contributed by atoms with van der Waals surface area (Å²) in [6.07, 6.45) is 1.59. The Morgan fingerprint density at radius 3 is 2.52 bits per heavy atom. The van der Waals surface area contributed by atoms with Crippen molar-refractivity contribution in [3.8, 4) is 16.9 Å². The molecule has 0 aliphatic rings. The van der Waals surface area contributed by atoms with E-state index in [0.29, 0.717) is 29.0 Å². The quantitative estimate of drug-likeness (QED) is 0.819. The highest BCUT2D eigenvalue weighted by Crippen LogP contribution is 2.37. The SMILES string of the molecule is COc1c(C(=O)NCCN(C)C)cc(-c2ccc[nH]c2=O)cc1C(C)(C)C. The van der Waals surface area contributed by atoms with Gasteiger partial charge in [0, 0.05) is 30.4 Å². The van der Waals surface area contributed by atoms with Crippen LogP contribution in [0.15, 0.2) is 35.3 Å². The molecule has 0 aliphatic carbocycles. The lowest BCUT2D eigenvalue weighted by atomic mass is 9.83. The first-order valence-corrected chi connectivity index (χ1v) is 8.98. The molecule has 0 atom stereocenters. The molecule has 0 unspecified atom stereocenters. The van der Waals surface area contributed by atoms with Crippen LogP contribution in [0.2, 0.25) is 0 Å². The Morgan fingerprint density at radius 1 is 1.26 bits per heavy atom. The molecule has 0 bridgehead atoms. The zero-order valence-corrected chi connectivity index (χ0v) is 17.0. The lowest BCUT2D eigenvalue weighted by Crippen LogP contribution is -2.32. The van der Waals surface area contributed by atoms with E-state index >= 15 is 0 Å². The molecule has 0 saturated carbocycles. The summed E-state index contributed by atoms with van der Waals surface area (Å²) in [5.41, 5.74) is 2.07. The van der Waals surface area contributed by atoms with Gasteiger partial charge in [0.05, 0.1) is 12.7 Å². The molecular formula is C21H29N3O3. The van der Waals surface area contributed by atoms with Crippen LogP contribution in [0.3, 0.4) is 0 Å². The van der Waals surface area contributed by atoms with Crippen LogP contribution in [0.4, 0.5) is 0 Å². The van der Waals surface area contributed by atoms with E-state index in [1.54, 1.807) is 31.5 Å². The molecule has 1 heterocycles. The van der Waals surface area contributed by atoms with Crippen molar-refractivity contribution in [2.45, 2.75) is 26.2 Å². The van der Waals surface area contributed by atoms with Crippen molar-refractivity contribution in [1.82, 2.24) is 15.2 Å². The Bertz CT molecular complexity index is 864. The predicted octanol–water partition coefficient (Wildman–Crippen LogP) is 2.64. The predicted molar refractivity (Wildman–Crippen MR) is 109 cm³/mol. The lowest BCUT2D eigenvalue weighted by molar-refractivity contribution is 0.0947. The molecule has 0 fully saturated rings. The maximum atomic E-state index is 12.9. The number of ether oxygens (including phenoxy) is 1. The summed E-state index contributed by atoms with van der Waals surface area (Å²) in [5.74, 6) is 0.328. The number of amides is 1. The number of hydrogen-bond donors (Lipinski definition) is 2. The molecule has 0 saturated heterocycles. The minimum absolute atomic E-state index is 0.193. The smallest absolute Gasteiger partial charge is 0.255 e. The van der Waals surface area contributed by atoms with Crippen molar-refractivity contribution in [1.29, 1.82) is 0 Å². The van der Waals surface area contributed by atoms with Gasteiger partial charge in [-0.3, -0.25) is 9.59 Å². The molecule has 1 aromatic heterocycles. The topological polar surface area (TPSA) is 74.4 Å². The Hall–Kier alpha value is -2.60. The summed E-state index contributed by atoms with van der Waals surface area (Å²) >= 11 is 0. The Balaban J connectivity index is 2.60. The van der Waals surface area contributed by atoms with Crippen LogP contribution in [-0.2, 0) is 5.41 Å². The number of aromatic nitrogens is 1. The van der Waals surface area contributed by atoms with E-state index in [9.17, 15) is 9.59 Å². The standard InChI is InChI=1S/C21H29N3O3/c1-21(2,3)17-13-14(15-8-7-9-22-19(15)25)12-16(18(17)27-6)20(26)23-10-11-24(4)5/h7-9,12-13H,10-11H2,1-6H3,(H,22,25)(H,23,26). The van der Waals surface area contributed by atoms with Crippen LogP contribution >= 0.6 is 0 Å². The molecule has 2 N–H and O–H groups in total. The molecule has 0 spiro atoms. The minimum Gasteiger partial charge on any atom is -0.496 e. The Morgan fingerprint density at radius 2 is 1.96 bits per heavy atom. The van der Waals surface area contributed by atoms with Gasteiger partial charge in [0.15, 0.2) is 0 Å². The van der Waals surface area contributed by atoms with Crippen LogP contribution in [0.25, 0.3) is 11.1 Å². The number of rotatable bonds is 6. The van der Waals surface area contributed by atoms with Gasteiger partial charge in [-0.25, -0.2) is 0 Å². The van der Waals surface area contributed by atoms with Gasteiger partial charge in [0.1, 0.15) is 5.75 Å². The first kappa shape index (κ1) is 20.7. The average Bonchev–Trinajstić information content (AvgIpc) is 2.59. The zero-order valence-electron chi connectivity index (χ0n) is 17.0.